The highest BCUT2D eigenvalue weighted by Gasteiger charge is 2.53. The van der Waals surface area contributed by atoms with E-state index in [1.807, 2.05) is 0 Å². The van der Waals surface area contributed by atoms with Crippen molar-refractivity contribution in [3.8, 4) is 0 Å². The first-order valence-electron chi connectivity index (χ1n) is 7.04. The first-order valence-corrected chi connectivity index (χ1v) is 7.04. The molecule has 0 unspecified atom stereocenters. The van der Waals surface area contributed by atoms with E-state index in [9.17, 15) is 35.7 Å². The monoisotopic (exact) mass is 342 g/mol. The molecule has 2 fully saturated rings. The molecule has 11 nitrogen and oxygen atoms in total. The van der Waals surface area contributed by atoms with Crippen LogP contribution < -0.4 is 0 Å². The van der Waals surface area contributed by atoms with Crippen molar-refractivity contribution in [2.24, 2.45) is 0 Å². The van der Waals surface area contributed by atoms with Crippen molar-refractivity contribution in [2.75, 3.05) is 19.8 Å². The summed E-state index contributed by atoms with van der Waals surface area (Å²) in [5, 5.41) is 77.2. The highest BCUT2D eigenvalue weighted by Crippen LogP contribution is 2.30. The van der Waals surface area contributed by atoms with E-state index in [0.29, 0.717) is 0 Å². The van der Waals surface area contributed by atoms with E-state index in [1.165, 1.54) is 0 Å². The van der Waals surface area contributed by atoms with Gasteiger partial charge in [0.05, 0.1) is 19.8 Å². The summed E-state index contributed by atoms with van der Waals surface area (Å²) in [6.07, 6.45) is -12.9. The molecular weight excluding hydrogens is 320 g/mol. The Morgan fingerprint density at radius 2 is 1.61 bits per heavy atom. The fraction of sp³-hybridized carbons (Fsp3) is 1.00. The third kappa shape index (κ3) is 3.50. The van der Waals surface area contributed by atoms with E-state index < -0.39 is 74.6 Å². The second-order valence-electron chi connectivity index (χ2n) is 5.63. The number of ether oxygens (including phenoxy) is 3. The van der Waals surface area contributed by atoms with Gasteiger partial charge in [-0.3, -0.25) is 0 Å². The van der Waals surface area contributed by atoms with Gasteiger partial charge in [0.25, 0.3) is 0 Å². The Morgan fingerprint density at radius 1 is 0.957 bits per heavy atom. The van der Waals surface area contributed by atoms with Crippen molar-refractivity contribution < 1.29 is 55.1 Å². The van der Waals surface area contributed by atoms with Crippen LogP contribution >= 0.6 is 0 Å². The van der Waals surface area contributed by atoms with Gasteiger partial charge >= 0.3 is 0 Å². The Bertz CT molecular complexity index is 393. The fourth-order valence-corrected chi connectivity index (χ4v) is 2.53. The molecule has 2 aliphatic rings. The number of rotatable bonds is 4. The lowest BCUT2D eigenvalue weighted by Crippen LogP contribution is -2.67. The van der Waals surface area contributed by atoms with Gasteiger partial charge in [0.15, 0.2) is 6.29 Å². The lowest BCUT2D eigenvalue weighted by molar-refractivity contribution is -0.387. The zero-order valence-electron chi connectivity index (χ0n) is 12.0. The van der Waals surface area contributed by atoms with E-state index in [4.69, 9.17) is 19.3 Å². The van der Waals surface area contributed by atoms with Crippen LogP contribution in [0.1, 0.15) is 0 Å². The predicted octanol–water partition coefficient (Wildman–Crippen LogP) is -5.40. The van der Waals surface area contributed by atoms with Crippen LogP contribution in [0.25, 0.3) is 0 Å². The number of hydrogen-bond donors (Lipinski definition) is 8. The van der Waals surface area contributed by atoms with E-state index in [2.05, 4.69) is 0 Å². The van der Waals surface area contributed by atoms with Crippen LogP contribution in [-0.2, 0) is 14.2 Å². The lowest BCUT2D eigenvalue weighted by Gasteiger charge is -2.47. The van der Waals surface area contributed by atoms with Gasteiger partial charge in [-0.2, -0.15) is 0 Å². The fourth-order valence-electron chi connectivity index (χ4n) is 2.53. The van der Waals surface area contributed by atoms with Crippen LogP contribution in [0.5, 0.6) is 0 Å². The molecule has 0 amide bonds. The van der Waals surface area contributed by atoms with Crippen molar-refractivity contribution in [1.29, 1.82) is 0 Å². The summed E-state index contributed by atoms with van der Waals surface area (Å²) in [6, 6.07) is 0. The molecule has 0 spiro atoms. The van der Waals surface area contributed by atoms with Crippen LogP contribution in [0.3, 0.4) is 0 Å². The third-order valence-electron chi connectivity index (χ3n) is 4.01. The predicted molar refractivity (Wildman–Crippen MR) is 68.6 cm³/mol. The summed E-state index contributed by atoms with van der Waals surface area (Å²) in [7, 11) is 0. The topological polar surface area (TPSA) is 190 Å². The number of hydrogen-bond acceptors (Lipinski definition) is 11. The quantitative estimate of drug-likeness (QED) is 0.243. The molecule has 0 aliphatic carbocycles. The molecule has 2 saturated heterocycles. The zero-order valence-corrected chi connectivity index (χ0v) is 12.0. The molecule has 8 N–H and O–H groups in total. The molecule has 2 heterocycles. The largest absolute Gasteiger partial charge is 0.394 e. The first kappa shape index (κ1) is 18.9. The van der Waals surface area contributed by atoms with E-state index in [1.54, 1.807) is 0 Å². The summed E-state index contributed by atoms with van der Waals surface area (Å²) in [4.78, 5) is 0. The second-order valence-corrected chi connectivity index (χ2v) is 5.63. The average molecular weight is 342 g/mol. The molecule has 2 aliphatic heterocycles. The number of aliphatic hydroxyl groups excluding tert-OH is 7. The van der Waals surface area contributed by atoms with Gasteiger partial charge in [-0.05, 0) is 0 Å². The molecule has 0 aromatic carbocycles. The van der Waals surface area contributed by atoms with Gasteiger partial charge < -0.3 is 55.1 Å². The summed E-state index contributed by atoms with van der Waals surface area (Å²) in [5.41, 5.74) is 0. The molecule has 9 atom stereocenters. The minimum absolute atomic E-state index is 0.466. The molecule has 2 rings (SSSR count). The van der Waals surface area contributed by atoms with Crippen LogP contribution in [0.15, 0.2) is 0 Å². The van der Waals surface area contributed by atoms with Crippen molar-refractivity contribution >= 4 is 0 Å². The molecule has 136 valence electrons. The van der Waals surface area contributed by atoms with Gasteiger partial charge in [-0.15, -0.1) is 0 Å². The number of aliphatic hydroxyl groups is 8. The van der Waals surface area contributed by atoms with Crippen LogP contribution in [0.2, 0.25) is 0 Å². The highest BCUT2D eigenvalue weighted by molar-refractivity contribution is 4.95. The Morgan fingerprint density at radius 3 is 2.17 bits per heavy atom. The maximum absolute atomic E-state index is 10.1. The van der Waals surface area contributed by atoms with Gasteiger partial charge in [0.2, 0.25) is 5.79 Å². The van der Waals surface area contributed by atoms with Gasteiger partial charge in [0, 0.05) is 0 Å². The highest BCUT2D eigenvalue weighted by atomic mass is 16.7. The summed E-state index contributed by atoms with van der Waals surface area (Å²) in [6.45, 7) is -2.15. The lowest BCUT2D eigenvalue weighted by atomic mass is 9.96. The molecule has 0 bridgehead atoms. The van der Waals surface area contributed by atoms with E-state index in [0.717, 1.165) is 0 Å². The maximum atomic E-state index is 10.1. The molecular formula is C12H22O11. The van der Waals surface area contributed by atoms with Crippen molar-refractivity contribution in [3.63, 3.8) is 0 Å². The summed E-state index contributed by atoms with van der Waals surface area (Å²) in [5.74, 6) is -2.38. The molecule has 0 radical (unpaired) electrons. The zero-order chi connectivity index (χ0) is 17.4. The Balaban J connectivity index is 2.17. The molecule has 0 saturated carbocycles. The molecule has 0 aromatic rings. The smallest absolute Gasteiger partial charge is 0.219 e. The minimum atomic E-state index is -2.38. The van der Waals surface area contributed by atoms with Crippen molar-refractivity contribution in [1.82, 2.24) is 0 Å². The standard InChI is InChI=1S/C12H22O11/c13-1-5-7(17)8(18)9(19)11(22-5)23-10-6(16)4(15)2-21-12(10,20)3-14/h4-11,13-20H,1-3H2/t4-,5-,6-,7-,8+,9-,10+,11+,12+/m1/s1. The second kappa shape index (κ2) is 7.21. The van der Waals surface area contributed by atoms with Crippen LogP contribution in [0.4, 0.5) is 0 Å². The Labute approximate surface area is 130 Å². The average Bonchev–Trinajstić information content (AvgIpc) is 2.55. The molecule has 0 aromatic heterocycles. The minimum Gasteiger partial charge on any atom is -0.394 e. The van der Waals surface area contributed by atoms with Crippen molar-refractivity contribution in [3.05, 3.63) is 0 Å². The third-order valence-corrected chi connectivity index (χ3v) is 4.01. The van der Waals surface area contributed by atoms with Crippen LogP contribution in [-0.4, -0.2) is 115 Å². The SMILES string of the molecule is OC[C@H]1O[C@@H](O[C@H]2[C@H](O)[C@H](O)CO[C@@]2(O)CO)[C@H](O)[C@@H](O)[C@@H]1O. The normalized spacial score (nSPS) is 51.7. The first-order chi connectivity index (χ1) is 10.7. The molecule has 23 heavy (non-hydrogen) atoms. The van der Waals surface area contributed by atoms with Crippen molar-refractivity contribution in [2.45, 2.75) is 54.8 Å². The Hall–Kier alpha value is -0.440. The Kier molecular flexibility index (Phi) is 5.92. The maximum Gasteiger partial charge on any atom is 0.219 e. The summed E-state index contributed by atoms with van der Waals surface area (Å²) < 4.78 is 15.1. The van der Waals surface area contributed by atoms with Gasteiger partial charge in [0.1, 0.15) is 42.7 Å². The summed E-state index contributed by atoms with van der Waals surface area (Å²) >= 11 is 0. The van der Waals surface area contributed by atoms with E-state index >= 15 is 0 Å². The molecule has 11 heteroatoms. The van der Waals surface area contributed by atoms with E-state index in [-0.39, 0.29) is 0 Å². The van der Waals surface area contributed by atoms with Crippen LogP contribution in [0, 0.1) is 0 Å². The van der Waals surface area contributed by atoms with Gasteiger partial charge in [-0.25, -0.2) is 0 Å². The van der Waals surface area contributed by atoms with Gasteiger partial charge in [-0.1, -0.05) is 0 Å².